The average molecular weight is 376 g/mol. The molecule has 1 heterocycles. The van der Waals surface area contributed by atoms with Crippen molar-refractivity contribution in [3.05, 3.63) is 82.8 Å². The number of fused-ring (bicyclic) bond motifs is 2. The molecule has 1 aromatic heterocycles. The molecule has 3 nitrogen and oxygen atoms in total. The van der Waals surface area contributed by atoms with Crippen molar-refractivity contribution >= 4 is 49.6 Å². The highest BCUT2D eigenvalue weighted by Crippen LogP contribution is 2.30. The summed E-state index contributed by atoms with van der Waals surface area (Å²) in [5, 5.41) is 6.55. The van der Waals surface area contributed by atoms with Gasteiger partial charge in [-0.05, 0) is 29.8 Å². The van der Waals surface area contributed by atoms with E-state index in [9.17, 15) is 0 Å². The number of hydrogen-bond donors (Lipinski definition) is 1. The Morgan fingerprint density at radius 3 is 2.17 bits per heavy atom. The van der Waals surface area contributed by atoms with Gasteiger partial charge in [0.05, 0.1) is 22.9 Å². The molecule has 0 unspecified atom stereocenters. The Kier molecular flexibility index (Phi) is 3.97. The Hall–Kier alpha value is -2.72. The Balaban J connectivity index is 1.79. The molecule has 0 atom stereocenters. The van der Waals surface area contributed by atoms with Crippen LogP contribution in [-0.2, 0) is 0 Å². The van der Waals surface area contributed by atoms with Gasteiger partial charge in [0, 0.05) is 15.2 Å². The summed E-state index contributed by atoms with van der Waals surface area (Å²) in [5.41, 5.74) is 7.12. The first kappa shape index (κ1) is 14.8. The predicted molar refractivity (Wildman–Crippen MR) is 105 cm³/mol. The Morgan fingerprint density at radius 2 is 1.50 bits per heavy atom. The largest absolute Gasteiger partial charge is 0.277 e. The van der Waals surface area contributed by atoms with Gasteiger partial charge >= 0.3 is 0 Å². The number of hydrogen-bond acceptors (Lipinski definition) is 3. The van der Waals surface area contributed by atoms with Crippen molar-refractivity contribution in [2.24, 2.45) is 5.10 Å². The highest BCUT2D eigenvalue weighted by Gasteiger charge is 2.07. The summed E-state index contributed by atoms with van der Waals surface area (Å²) in [6.07, 6.45) is 1.81. The van der Waals surface area contributed by atoms with Crippen molar-refractivity contribution in [1.29, 1.82) is 0 Å². The number of para-hydroxylation sites is 2. The van der Waals surface area contributed by atoms with Crippen molar-refractivity contribution in [1.82, 2.24) is 4.98 Å². The van der Waals surface area contributed by atoms with E-state index in [0.29, 0.717) is 0 Å². The second-order valence-electron chi connectivity index (χ2n) is 5.45. The van der Waals surface area contributed by atoms with E-state index in [1.54, 1.807) is 0 Å². The Morgan fingerprint density at radius 1 is 0.833 bits per heavy atom. The lowest BCUT2D eigenvalue weighted by molar-refractivity contribution is 1.36. The molecule has 0 aliphatic rings. The first-order valence-electron chi connectivity index (χ1n) is 7.63. The number of anilines is 1. The quantitative estimate of drug-likeness (QED) is 0.287. The molecule has 0 aliphatic heterocycles. The number of halogens is 1. The molecule has 0 fully saturated rings. The third-order valence-electron chi connectivity index (χ3n) is 3.83. The molecule has 0 saturated heterocycles. The van der Waals surface area contributed by atoms with E-state index in [1.165, 1.54) is 0 Å². The standard InChI is InChI=1S/C20H14BrN3/c21-15-7-5-6-14(12-15)13-22-24-20-16-8-1-3-10-18(16)23-19-11-4-2-9-17(19)20/h1-13H,(H,23,24)/b22-13+. The van der Waals surface area contributed by atoms with Gasteiger partial charge in [-0.3, -0.25) is 5.43 Å². The van der Waals surface area contributed by atoms with Crippen molar-refractivity contribution in [3.63, 3.8) is 0 Å². The summed E-state index contributed by atoms with van der Waals surface area (Å²) in [7, 11) is 0. The maximum Gasteiger partial charge on any atom is 0.0749 e. The average Bonchev–Trinajstić information content (AvgIpc) is 2.61. The minimum absolute atomic E-state index is 0.955. The van der Waals surface area contributed by atoms with Crippen molar-refractivity contribution in [3.8, 4) is 0 Å². The number of rotatable bonds is 3. The van der Waals surface area contributed by atoms with E-state index >= 15 is 0 Å². The SMILES string of the molecule is Brc1cccc(/C=N/Nc2c3ccccc3nc3ccccc23)c1. The van der Waals surface area contributed by atoms with Crippen LogP contribution in [0.3, 0.4) is 0 Å². The number of nitrogens with zero attached hydrogens (tertiary/aromatic N) is 2. The number of benzene rings is 3. The summed E-state index contributed by atoms with van der Waals surface area (Å²) in [4.78, 5) is 4.72. The molecular weight excluding hydrogens is 362 g/mol. The highest BCUT2D eigenvalue weighted by atomic mass is 79.9. The van der Waals surface area contributed by atoms with Gasteiger partial charge in [0.25, 0.3) is 0 Å². The molecule has 0 radical (unpaired) electrons. The molecule has 4 heteroatoms. The zero-order chi connectivity index (χ0) is 16.4. The molecule has 3 aromatic carbocycles. The fraction of sp³-hybridized carbons (Fsp3) is 0. The van der Waals surface area contributed by atoms with Crippen LogP contribution in [0, 0.1) is 0 Å². The summed E-state index contributed by atoms with van der Waals surface area (Å²) < 4.78 is 1.03. The predicted octanol–water partition coefficient (Wildman–Crippen LogP) is 5.60. The molecule has 0 saturated carbocycles. The lowest BCUT2D eigenvalue weighted by Gasteiger charge is -2.09. The van der Waals surface area contributed by atoms with Gasteiger partial charge < -0.3 is 0 Å². The monoisotopic (exact) mass is 375 g/mol. The van der Waals surface area contributed by atoms with Crippen molar-refractivity contribution in [2.75, 3.05) is 5.43 Å². The zero-order valence-electron chi connectivity index (χ0n) is 12.8. The zero-order valence-corrected chi connectivity index (χ0v) is 14.4. The molecule has 0 bridgehead atoms. The van der Waals surface area contributed by atoms with Crippen LogP contribution in [0.25, 0.3) is 21.8 Å². The molecule has 0 amide bonds. The lowest BCUT2D eigenvalue weighted by Crippen LogP contribution is -1.95. The number of aromatic nitrogens is 1. The maximum atomic E-state index is 4.72. The molecule has 116 valence electrons. The minimum Gasteiger partial charge on any atom is -0.277 e. The first-order chi connectivity index (χ1) is 11.8. The van der Waals surface area contributed by atoms with Crippen molar-refractivity contribution < 1.29 is 0 Å². The molecule has 1 N–H and O–H groups in total. The Labute approximate surface area is 148 Å². The normalized spacial score (nSPS) is 11.4. The van der Waals surface area contributed by atoms with E-state index in [0.717, 1.165) is 37.5 Å². The van der Waals surface area contributed by atoms with E-state index in [1.807, 2.05) is 66.9 Å². The van der Waals surface area contributed by atoms with E-state index < -0.39 is 0 Å². The molecule has 0 aliphatic carbocycles. The summed E-state index contributed by atoms with van der Waals surface area (Å²) in [6.45, 7) is 0. The van der Waals surface area contributed by atoms with Crippen molar-refractivity contribution in [2.45, 2.75) is 0 Å². The molecule has 4 rings (SSSR count). The molecule has 4 aromatic rings. The molecular formula is C20H14BrN3. The van der Waals surface area contributed by atoms with E-state index in [2.05, 4.69) is 38.6 Å². The summed E-state index contributed by atoms with van der Waals surface area (Å²) in [6, 6.07) is 24.2. The highest BCUT2D eigenvalue weighted by molar-refractivity contribution is 9.10. The Bertz CT molecular complexity index is 1000. The second kappa shape index (κ2) is 6.42. The molecule has 0 spiro atoms. The van der Waals surface area contributed by atoms with Crippen LogP contribution in [-0.4, -0.2) is 11.2 Å². The van der Waals surface area contributed by atoms with Gasteiger partial charge in [-0.15, -0.1) is 0 Å². The van der Waals surface area contributed by atoms with Crippen LogP contribution in [0.5, 0.6) is 0 Å². The van der Waals surface area contributed by atoms with Crippen LogP contribution in [0.2, 0.25) is 0 Å². The topological polar surface area (TPSA) is 37.3 Å². The summed E-state index contributed by atoms with van der Waals surface area (Å²) >= 11 is 3.47. The summed E-state index contributed by atoms with van der Waals surface area (Å²) in [5.74, 6) is 0. The van der Waals surface area contributed by atoms with Gasteiger partial charge in [0.15, 0.2) is 0 Å². The maximum absolute atomic E-state index is 4.72. The lowest BCUT2D eigenvalue weighted by atomic mass is 10.1. The fourth-order valence-corrected chi connectivity index (χ4v) is 3.14. The third-order valence-corrected chi connectivity index (χ3v) is 4.32. The smallest absolute Gasteiger partial charge is 0.0749 e. The number of hydrazone groups is 1. The van der Waals surface area contributed by atoms with Gasteiger partial charge in [-0.2, -0.15) is 5.10 Å². The van der Waals surface area contributed by atoms with Crippen LogP contribution < -0.4 is 5.43 Å². The van der Waals surface area contributed by atoms with Gasteiger partial charge in [0.2, 0.25) is 0 Å². The second-order valence-corrected chi connectivity index (χ2v) is 6.36. The van der Waals surface area contributed by atoms with Crippen LogP contribution in [0.15, 0.2) is 82.4 Å². The number of nitrogens with one attached hydrogen (secondary N) is 1. The van der Waals surface area contributed by atoms with Crippen LogP contribution >= 0.6 is 15.9 Å². The van der Waals surface area contributed by atoms with Gasteiger partial charge in [-0.1, -0.05) is 64.5 Å². The number of pyridine rings is 1. The first-order valence-corrected chi connectivity index (χ1v) is 8.43. The van der Waals surface area contributed by atoms with Crippen LogP contribution in [0.4, 0.5) is 5.69 Å². The van der Waals surface area contributed by atoms with Gasteiger partial charge in [-0.25, -0.2) is 4.98 Å². The van der Waals surface area contributed by atoms with Crippen LogP contribution in [0.1, 0.15) is 5.56 Å². The van der Waals surface area contributed by atoms with E-state index in [-0.39, 0.29) is 0 Å². The fourth-order valence-electron chi connectivity index (χ4n) is 2.72. The van der Waals surface area contributed by atoms with E-state index in [4.69, 9.17) is 4.98 Å². The van der Waals surface area contributed by atoms with Gasteiger partial charge in [0.1, 0.15) is 0 Å². The third kappa shape index (κ3) is 2.88. The molecule has 24 heavy (non-hydrogen) atoms. The minimum atomic E-state index is 0.955.